The Kier molecular flexibility index (Phi) is 4.77. The molecule has 0 aliphatic rings. The predicted octanol–water partition coefficient (Wildman–Crippen LogP) is 5.78. The molecule has 4 rings (SSSR count). The van der Waals surface area contributed by atoms with Crippen LogP contribution in [0.2, 0.25) is 5.02 Å². The molecule has 1 amide bonds. The maximum atomic E-state index is 12.8. The van der Waals surface area contributed by atoms with Crippen molar-refractivity contribution in [2.24, 2.45) is 0 Å². The van der Waals surface area contributed by atoms with Crippen LogP contribution >= 0.6 is 22.9 Å². The van der Waals surface area contributed by atoms with E-state index in [4.69, 9.17) is 11.6 Å². The highest BCUT2D eigenvalue weighted by Crippen LogP contribution is 2.29. The maximum Gasteiger partial charge on any atom is 0.270 e. The molecule has 1 N–H and O–H groups in total. The van der Waals surface area contributed by atoms with Gasteiger partial charge in [0.05, 0.1) is 10.6 Å². The Labute approximate surface area is 168 Å². The van der Waals surface area contributed by atoms with Gasteiger partial charge in [-0.2, -0.15) is 0 Å². The molecule has 0 aliphatic heterocycles. The fraction of sp³-hybridized carbons (Fsp3) is 0. The molecule has 6 nitrogen and oxygen atoms in total. The maximum absolute atomic E-state index is 12.8. The van der Waals surface area contributed by atoms with E-state index in [-0.39, 0.29) is 11.6 Å². The molecule has 138 valence electrons. The number of hydrogen-bond acceptors (Lipinski definition) is 5. The molecule has 28 heavy (non-hydrogen) atoms. The first-order valence-electron chi connectivity index (χ1n) is 8.22. The molecule has 0 bridgehead atoms. The molecule has 0 atom stereocenters. The molecular formula is C20H12ClN3O3S. The largest absolute Gasteiger partial charge is 0.298 e. The Balaban J connectivity index is 1.61. The van der Waals surface area contributed by atoms with E-state index in [1.807, 2.05) is 12.1 Å². The number of rotatable bonds is 4. The number of non-ortho nitro benzene ring substituents is 1. The summed E-state index contributed by atoms with van der Waals surface area (Å²) in [6.07, 6.45) is 0. The van der Waals surface area contributed by atoms with Crippen molar-refractivity contribution in [3.05, 3.63) is 86.7 Å². The van der Waals surface area contributed by atoms with Gasteiger partial charge in [-0.3, -0.25) is 20.2 Å². The van der Waals surface area contributed by atoms with Crippen LogP contribution in [0.3, 0.4) is 0 Å². The van der Waals surface area contributed by atoms with Crippen LogP contribution in [-0.2, 0) is 0 Å². The lowest BCUT2D eigenvalue weighted by molar-refractivity contribution is -0.384. The Morgan fingerprint density at radius 1 is 1.07 bits per heavy atom. The zero-order chi connectivity index (χ0) is 19.7. The van der Waals surface area contributed by atoms with Crippen LogP contribution in [0.1, 0.15) is 10.4 Å². The quantitative estimate of drug-likeness (QED) is 0.342. The van der Waals surface area contributed by atoms with Gasteiger partial charge in [0.25, 0.3) is 11.6 Å². The van der Waals surface area contributed by atoms with Crippen molar-refractivity contribution in [1.82, 2.24) is 4.98 Å². The van der Waals surface area contributed by atoms with Gasteiger partial charge in [-0.15, -0.1) is 11.3 Å². The number of nitrogens with one attached hydrogen (secondary N) is 1. The molecule has 8 heteroatoms. The molecule has 0 saturated carbocycles. The van der Waals surface area contributed by atoms with E-state index in [9.17, 15) is 14.9 Å². The number of nitro groups is 1. The number of halogens is 1. The van der Waals surface area contributed by atoms with Crippen LogP contribution in [0.15, 0.2) is 66.0 Å². The third-order valence-electron chi connectivity index (χ3n) is 4.19. The summed E-state index contributed by atoms with van der Waals surface area (Å²) in [6, 6.07) is 17.0. The van der Waals surface area contributed by atoms with Crippen molar-refractivity contribution in [2.75, 3.05) is 5.32 Å². The number of fused-ring (bicyclic) bond motifs is 1. The molecule has 0 unspecified atom stereocenters. The van der Waals surface area contributed by atoms with Crippen LogP contribution in [0, 0.1) is 10.1 Å². The van der Waals surface area contributed by atoms with Crippen molar-refractivity contribution in [3.8, 4) is 11.3 Å². The zero-order valence-electron chi connectivity index (χ0n) is 14.3. The van der Waals surface area contributed by atoms with Crippen molar-refractivity contribution >= 4 is 50.4 Å². The molecule has 0 radical (unpaired) electrons. The number of nitro benzene ring substituents is 1. The standard InChI is InChI=1S/C20H12ClN3O3S/c21-17-9-3-6-14-15(17)7-2-8-16(14)19(25)23-20-22-18(11-28-20)12-4-1-5-13(10-12)24(26)27/h1-11H,(H,22,23,25). The molecule has 3 aromatic carbocycles. The van der Waals surface area contributed by atoms with Gasteiger partial charge in [0, 0.05) is 39.0 Å². The summed E-state index contributed by atoms with van der Waals surface area (Å²) in [5, 5.41) is 18.0. The summed E-state index contributed by atoms with van der Waals surface area (Å²) in [4.78, 5) is 27.6. The molecular weight excluding hydrogens is 398 g/mol. The van der Waals surface area contributed by atoms with E-state index < -0.39 is 4.92 Å². The monoisotopic (exact) mass is 409 g/mol. The van der Waals surface area contributed by atoms with Crippen molar-refractivity contribution < 1.29 is 9.72 Å². The highest BCUT2D eigenvalue weighted by molar-refractivity contribution is 7.14. The minimum Gasteiger partial charge on any atom is -0.298 e. The van der Waals surface area contributed by atoms with Crippen LogP contribution in [0.5, 0.6) is 0 Å². The lowest BCUT2D eigenvalue weighted by Crippen LogP contribution is -2.12. The van der Waals surface area contributed by atoms with Gasteiger partial charge in [0.15, 0.2) is 5.13 Å². The van der Waals surface area contributed by atoms with Crippen molar-refractivity contribution in [3.63, 3.8) is 0 Å². The van der Waals surface area contributed by atoms with Gasteiger partial charge in [-0.05, 0) is 17.5 Å². The number of amides is 1. The minimum atomic E-state index is -0.454. The Hall–Kier alpha value is -3.29. The van der Waals surface area contributed by atoms with Gasteiger partial charge in [-0.1, -0.05) is 48.0 Å². The number of carbonyl (C=O) groups is 1. The summed E-state index contributed by atoms with van der Waals surface area (Å²) in [7, 11) is 0. The number of thiazole rings is 1. The normalized spacial score (nSPS) is 10.8. The van der Waals surface area contributed by atoms with E-state index in [1.54, 1.807) is 41.8 Å². The van der Waals surface area contributed by atoms with Crippen LogP contribution < -0.4 is 5.32 Å². The molecule has 0 saturated heterocycles. The summed E-state index contributed by atoms with van der Waals surface area (Å²) in [5.74, 6) is -0.298. The number of anilines is 1. The Morgan fingerprint density at radius 3 is 2.64 bits per heavy atom. The molecule has 0 fully saturated rings. The van der Waals surface area contributed by atoms with E-state index in [2.05, 4.69) is 10.3 Å². The topological polar surface area (TPSA) is 85.1 Å². The van der Waals surface area contributed by atoms with E-state index >= 15 is 0 Å². The van der Waals surface area contributed by atoms with E-state index in [1.165, 1.54) is 23.5 Å². The zero-order valence-corrected chi connectivity index (χ0v) is 15.8. The highest BCUT2D eigenvalue weighted by Gasteiger charge is 2.14. The summed E-state index contributed by atoms with van der Waals surface area (Å²) < 4.78 is 0. The lowest BCUT2D eigenvalue weighted by atomic mass is 10.0. The first-order valence-corrected chi connectivity index (χ1v) is 9.47. The van der Waals surface area contributed by atoms with E-state index in [0.29, 0.717) is 27.0 Å². The average Bonchev–Trinajstić information content (AvgIpc) is 3.16. The van der Waals surface area contributed by atoms with Crippen LogP contribution in [0.25, 0.3) is 22.0 Å². The van der Waals surface area contributed by atoms with Gasteiger partial charge < -0.3 is 0 Å². The number of aromatic nitrogens is 1. The number of benzene rings is 3. The van der Waals surface area contributed by atoms with E-state index in [0.717, 1.165) is 10.8 Å². The number of nitrogens with zero attached hydrogens (tertiary/aromatic N) is 2. The highest BCUT2D eigenvalue weighted by atomic mass is 35.5. The molecule has 0 spiro atoms. The Morgan fingerprint density at radius 2 is 1.82 bits per heavy atom. The van der Waals surface area contributed by atoms with Crippen molar-refractivity contribution in [2.45, 2.75) is 0 Å². The SMILES string of the molecule is O=C(Nc1nc(-c2cccc([N+](=O)[O-])c2)cs1)c1cccc2c(Cl)cccc12. The first-order chi connectivity index (χ1) is 13.5. The lowest BCUT2D eigenvalue weighted by Gasteiger charge is -2.07. The third kappa shape index (κ3) is 3.45. The second kappa shape index (κ2) is 7.38. The minimum absolute atomic E-state index is 0.0104. The van der Waals surface area contributed by atoms with Gasteiger partial charge >= 0.3 is 0 Å². The number of carbonyl (C=O) groups excluding carboxylic acids is 1. The average molecular weight is 410 g/mol. The van der Waals surface area contributed by atoms with Gasteiger partial charge in [-0.25, -0.2) is 4.98 Å². The van der Waals surface area contributed by atoms with Crippen LogP contribution in [-0.4, -0.2) is 15.8 Å². The fourth-order valence-corrected chi connectivity index (χ4v) is 3.83. The molecule has 0 aliphatic carbocycles. The van der Waals surface area contributed by atoms with Crippen molar-refractivity contribution in [1.29, 1.82) is 0 Å². The second-order valence-corrected chi connectivity index (χ2v) is 7.21. The third-order valence-corrected chi connectivity index (χ3v) is 5.28. The first kappa shape index (κ1) is 18.1. The van der Waals surface area contributed by atoms with Crippen LogP contribution in [0.4, 0.5) is 10.8 Å². The summed E-state index contributed by atoms with van der Waals surface area (Å²) in [6.45, 7) is 0. The van der Waals surface area contributed by atoms with Gasteiger partial charge in [0.1, 0.15) is 0 Å². The smallest absolute Gasteiger partial charge is 0.270 e. The Bertz CT molecular complexity index is 1220. The number of hydrogen-bond donors (Lipinski definition) is 1. The summed E-state index contributed by atoms with van der Waals surface area (Å²) in [5.41, 5.74) is 1.66. The molecule has 1 aromatic heterocycles. The second-order valence-electron chi connectivity index (χ2n) is 5.94. The molecule has 1 heterocycles. The fourth-order valence-electron chi connectivity index (χ4n) is 2.88. The molecule has 4 aromatic rings. The van der Waals surface area contributed by atoms with Gasteiger partial charge in [0.2, 0.25) is 0 Å². The predicted molar refractivity (Wildman–Crippen MR) is 111 cm³/mol. The summed E-state index contributed by atoms with van der Waals surface area (Å²) >= 11 is 7.46.